The van der Waals surface area contributed by atoms with Crippen LogP contribution >= 0.6 is 0 Å². The van der Waals surface area contributed by atoms with Crippen LogP contribution in [0, 0.1) is 23.2 Å². The van der Waals surface area contributed by atoms with Gasteiger partial charge in [0.15, 0.2) is 0 Å². The number of carbonyl (C=O) groups is 3. The Kier molecular flexibility index (Phi) is 7.16. The molecule has 178 valence electrons. The van der Waals surface area contributed by atoms with E-state index in [0.717, 1.165) is 31.1 Å². The Morgan fingerprint density at radius 2 is 2.00 bits per heavy atom. The fraction of sp³-hybridized carbons (Fsp3) is 0.440. The van der Waals surface area contributed by atoms with Crippen molar-refractivity contribution in [3.05, 3.63) is 42.6 Å². The number of ether oxygens (including phenoxy) is 1. The molecule has 9 nitrogen and oxygen atoms in total. The summed E-state index contributed by atoms with van der Waals surface area (Å²) in [5, 5.41) is 18.7. The lowest BCUT2D eigenvalue weighted by Crippen LogP contribution is -2.50. The van der Waals surface area contributed by atoms with Crippen molar-refractivity contribution in [2.75, 3.05) is 11.9 Å². The minimum Gasteiger partial charge on any atom is -0.445 e. The molecule has 3 amide bonds. The quantitative estimate of drug-likeness (QED) is 0.443. The number of amides is 3. The van der Waals surface area contributed by atoms with Crippen LogP contribution in [0.2, 0.25) is 0 Å². The summed E-state index contributed by atoms with van der Waals surface area (Å²) in [4.78, 5) is 40.7. The third-order valence-corrected chi connectivity index (χ3v) is 6.40. The van der Waals surface area contributed by atoms with Crippen molar-refractivity contribution in [1.29, 1.82) is 5.26 Å². The highest BCUT2D eigenvalue weighted by Gasteiger charge is 2.37. The summed E-state index contributed by atoms with van der Waals surface area (Å²) < 4.78 is 4.92. The fourth-order valence-corrected chi connectivity index (χ4v) is 4.42. The van der Waals surface area contributed by atoms with Crippen LogP contribution in [0.25, 0.3) is 10.9 Å². The Hall–Kier alpha value is -3.80. The number of hydrogen-bond donors (Lipinski definition) is 4. The van der Waals surface area contributed by atoms with Gasteiger partial charge >= 0.3 is 6.09 Å². The van der Waals surface area contributed by atoms with E-state index >= 15 is 0 Å². The number of nitriles is 1. The molecule has 9 heteroatoms. The first kappa shape index (κ1) is 23.4. The molecule has 0 bridgehead atoms. The molecule has 2 saturated carbocycles. The molecule has 1 heterocycles. The number of H-pyrrole nitrogens is 1. The Labute approximate surface area is 197 Å². The Balaban J connectivity index is 1.41. The number of aromatic nitrogens is 1. The average Bonchev–Trinajstić information content (AvgIpc) is 3.59. The molecule has 2 aromatic rings. The number of hydrogen-bond acceptors (Lipinski definition) is 5. The van der Waals surface area contributed by atoms with Crippen LogP contribution in [0.15, 0.2) is 36.9 Å². The number of fused-ring (bicyclic) bond motifs is 1. The first-order valence-corrected chi connectivity index (χ1v) is 11.7. The number of nitrogens with one attached hydrogen (secondary N) is 4. The third-order valence-electron chi connectivity index (χ3n) is 6.40. The fourth-order valence-electron chi connectivity index (χ4n) is 4.42. The Morgan fingerprint density at radius 3 is 2.74 bits per heavy atom. The van der Waals surface area contributed by atoms with Gasteiger partial charge in [0.05, 0.1) is 12.0 Å². The number of rotatable bonds is 8. The van der Waals surface area contributed by atoms with E-state index in [-0.39, 0.29) is 36.3 Å². The maximum atomic E-state index is 13.0. The smallest absolute Gasteiger partial charge is 0.411 e. The second-order valence-electron chi connectivity index (χ2n) is 8.92. The van der Waals surface area contributed by atoms with Gasteiger partial charge in [-0.25, -0.2) is 4.79 Å². The zero-order chi connectivity index (χ0) is 24.1. The van der Waals surface area contributed by atoms with Crippen molar-refractivity contribution in [3.63, 3.8) is 0 Å². The first-order chi connectivity index (χ1) is 16.5. The van der Waals surface area contributed by atoms with E-state index in [2.05, 4.69) is 33.6 Å². The van der Waals surface area contributed by atoms with Gasteiger partial charge in [-0.3, -0.25) is 14.9 Å². The van der Waals surface area contributed by atoms with Crippen molar-refractivity contribution >= 4 is 34.5 Å². The van der Waals surface area contributed by atoms with Crippen LogP contribution in [0.1, 0.15) is 49.0 Å². The molecule has 0 unspecified atom stereocenters. The maximum Gasteiger partial charge on any atom is 0.411 e. The number of benzene rings is 1. The lowest BCUT2D eigenvalue weighted by atomic mass is 9.83. The third kappa shape index (κ3) is 5.57. The summed E-state index contributed by atoms with van der Waals surface area (Å²) in [5.74, 6) is -0.548. The monoisotopic (exact) mass is 463 g/mol. The van der Waals surface area contributed by atoms with E-state index < -0.39 is 12.1 Å². The molecule has 34 heavy (non-hydrogen) atoms. The standard InChI is InChI=1S/C25H29N5O4/c1-2-11-34-25(33)27-17-10-9-16-12-21(28-20(16)13-17)24(32)29-19-6-4-3-5-18(19)23(31)30-22(14-26)15-7-8-15/h2,9-10,12-13,15,18-19,22,28H,1,3-8,11H2,(H,27,33)(H,29,32)(H,30,31)/t18-,19+,22-/m1/s1. The molecule has 4 N–H and O–H groups in total. The van der Waals surface area contributed by atoms with Crippen LogP contribution in [0.3, 0.4) is 0 Å². The molecule has 2 aliphatic rings. The van der Waals surface area contributed by atoms with Gasteiger partial charge in [-0.15, -0.1) is 0 Å². The van der Waals surface area contributed by atoms with Crippen LogP contribution < -0.4 is 16.0 Å². The molecule has 0 aliphatic heterocycles. The normalized spacial score (nSPS) is 20.6. The largest absolute Gasteiger partial charge is 0.445 e. The Morgan fingerprint density at radius 1 is 1.21 bits per heavy atom. The van der Waals surface area contributed by atoms with E-state index in [1.54, 1.807) is 24.3 Å². The van der Waals surface area contributed by atoms with Gasteiger partial charge in [0.1, 0.15) is 18.3 Å². The van der Waals surface area contributed by atoms with Crippen molar-refractivity contribution in [3.8, 4) is 6.07 Å². The van der Waals surface area contributed by atoms with Crippen molar-refractivity contribution < 1.29 is 19.1 Å². The summed E-state index contributed by atoms with van der Waals surface area (Å²) >= 11 is 0. The van der Waals surface area contributed by atoms with Gasteiger partial charge in [0, 0.05) is 22.6 Å². The van der Waals surface area contributed by atoms with Gasteiger partial charge in [-0.1, -0.05) is 31.6 Å². The summed E-state index contributed by atoms with van der Waals surface area (Å²) in [5.41, 5.74) is 1.59. The topological polar surface area (TPSA) is 136 Å². The lowest BCUT2D eigenvalue weighted by Gasteiger charge is -2.31. The van der Waals surface area contributed by atoms with Gasteiger partial charge in [-0.05, 0) is 49.8 Å². The van der Waals surface area contributed by atoms with Crippen LogP contribution in [0.5, 0.6) is 0 Å². The molecule has 0 saturated heterocycles. The summed E-state index contributed by atoms with van der Waals surface area (Å²) in [7, 11) is 0. The highest BCUT2D eigenvalue weighted by Crippen LogP contribution is 2.33. The van der Waals surface area contributed by atoms with Gasteiger partial charge in [0.25, 0.3) is 5.91 Å². The predicted molar refractivity (Wildman–Crippen MR) is 127 cm³/mol. The van der Waals surface area contributed by atoms with Crippen LogP contribution in [-0.4, -0.2) is 41.6 Å². The summed E-state index contributed by atoms with van der Waals surface area (Å²) in [6.45, 7) is 3.61. The molecule has 1 aromatic heterocycles. The minimum atomic E-state index is -0.592. The average molecular weight is 464 g/mol. The van der Waals surface area contributed by atoms with E-state index in [4.69, 9.17) is 4.74 Å². The molecule has 2 fully saturated rings. The molecule has 0 radical (unpaired) electrons. The SMILES string of the molecule is C=CCOC(=O)Nc1ccc2cc(C(=O)N[C@H]3CCCC[C@H]3C(=O)N[C@H](C#N)C3CC3)[nH]c2c1. The van der Waals surface area contributed by atoms with E-state index in [1.165, 1.54) is 6.08 Å². The van der Waals surface area contributed by atoms with Crippen molar-refractivity contribution in [1.82, 2.24) is 15.6 Å². The molecule has 0 spiro atoms. The maximum absolute atomic E-state index is 13.0. The number of anilines is 1. The summed E-state index contributed by atoms with van der Waals surface area (Å²) in [6, 6.07) is 8.43. The zero-order valence-corrected chi connectivity index (χ0v) is 18.9. The second kappa shape index (κ2) is 10.4. The minimum absolute atomic E-state index is 0.110. The van der Waals surface area contributed by atoms with E-state index in [9.17, 15) is 19.6 Å². The zero-order valence-electron chi connectivity index (χ0n) is 18.9. The van der Waals surface area contributed by atoms with E-state index in [1.807, 2.05) is 0 Å². The van der Waals surface area contributed by atoms with Crippen molar-refractivity contribution in [2.24, 2.45) is 11.8 Å². The van der Waals surface area contributed by atoms with Crippen LogP contribution in [0.4, 0.5) is 10.5 Å². The van der Waals surface area contributed by atoms with Crippen molar-refractivity contribution in [2.45, 2.75) is 50.6 Å². The molecule has 1 aromatic carbocycles. The molecular formula is C25H29N5O4. The van der Waals surface area contributed by atoms with Crippen LogP contribution in [-0.2, 0) is 9.53 Å². The second-order valence-corrected chi connectivity index (χ2v) is 8.92. The number of carbonyl (C=O) groups excluding carboxylic acids is 3. The number of nitrogens with zero attached hydrogens (tertiary/aromatic N) is 1. The molecule has 4 rings (SSSR count). The molecular weight excluding hydrogens is 434 g/mol. The van der Waals surface area contributed by atoms with E-state index in [0.29, 0.717) is 29.7 Å². The lowest BCUT2D eigenvalue weighted by molar-refractivity contribution is -0.127. The highest BCUT2D eigenvalue weighted by atomic mass is 16.5. The molecule has 2 aliphatic carbocycles. The molecule has 3 atom stereocenters. The van der Waals surface area contributed by atoms with Gasteiger partial charge in [-0.2, -0.15) is 5.26 Å². The van der Waals surface area contributed by atoms with Gasteiger partial charge in [0.2, 0.25) is 5.91 Å². The number of aromatic amines is 1. The summed E-state index contributed by atoms with van der Waals surface area (Å²) in [6.07, 6.45) is 6.08. The first-order valence-electron chi connectivity index (χ1n) is 11.7. The van der Waals surface area contributed by atoms with Gasteiger partial charge < -0.3 is 20.4 Å². The highest BCUT2D eigenvalue weighted by molar-refractivity contribution is 5.99. The predicted octanol–water partition coefficient (Wildman–Crippen LogP) is 3.61. The Bertz CT molecular complexity index is 1130.